The third-order valence-corrected chi connectivity index (χ3v) is 5.07. The van der Waals surface area contributed by atoms with E-state index in [0.29, 0.717) is 24.7 Å². The van der Waals surface area contributed by atoms with Gasteiger partial charge in [0.25, 0.3) is 5.91 Å². The van der Waals surface area contributed by atoms with E-state index in [9.17, 15) is 13.6 Å². The van der Waals surface area contributed by atoms with Crippen LogP contribution in [0.1, 0.15) is 49.7 Å². The molecule has 1 aromatic carbocycles. The highest BCUT2D eigenvalue weighted by Gasteiger charge is 2.24. The number of benzene rings is 1. The number of amides is 1. The Balaban J connectivity index is 2.11. The van der Waals surface area contributed by atoms with E-state index in [1.807, 2.05) is 22.5 Å². The van der Waals surface area contributed by atoms with Gasteiger partial charge in [0, 0.05) is 36.9 Å². The number of carbonyl (C=O) groups excluding carboxylic acids is 1. The summed E-state index contributed by atoms with van der Waals surface area (Å²) in [4.78, 5) is 17.0. The van der Waals surface area contributed by atoms with Gasteiger partial charge in [0.2, 0.25) is 0 Å². The van der Waals surface area contributed by atoms with Gasteiger partial charge in [-0.25, -0.2) is 8.78 Å². The monoisotopic (exact) mass is 407 g/mol. The van der Waals surface area contributed by atoms with Crippen LogP contribution >= 0.6 is 0 Å². The van der Waals surface area contributed by atoms with E-state index in [-0.39, 0.29) is 22.8 Å². The number of rotatable bonds is 4. The van der Waals surface area contributed by atoms with Gasteiger partial charge in [-0.05, 0) is 18.9 Å². The van der Waals surface area contributed by atoms with Gasteiger partial charge < -0.3 is 9.47 Å². The molecule has 0 aliphatic carbocycles. The minimum atomic E-state index is -0.943. The lowest BCUT2D eigenvalue weighted by Gasteiger charge is -2.21. The molecule has 0 unspecified atom stereocenters. The molecule has 1 atom stereocenters. The molecule has 29 heavy (non-hydrogen) atoms. The number of carbonyl (C=O) groups is 1. The smallest absolute Gasteiger partial charge is 0.282 e. The van der Waals surface area contributed by atoms with Gasteiger partial charge in [-0.3, -0.25) is 14.2 Å². The first-order valence-electron chi connectivity index (χ1n) is 9.63. The number of nitrogens with zero attached hydrogens (tertiary/aromatic N) is 3. The molecule has 2 heterocycles. The summed E-state index contributed by atoms with van der Waals surface area (Å²) in [6.45, 7) is 7.44. The summed E-state index contributed by atoms with van der Waals surface area (Å²) in [6, 6.07) is 3.44. The zero-order valence-electron chi connectivity index (χ0n) is 17.5. The molecule has 3 rings (SSSR count). The summed E-state index contributed by atoms with van der Waals surface area (Å²) < 4.78 is 42.2. The van der Waals surface area contributed by atoms with E-state index in [1.54, 1.807) is 0 Å². The highest BCUT2D eigenvalue weighted by Crippen LogP contribution is 2.25. The van der Waals surface area contributed by atoms with Gasteiger partial charge in [-0.1, -0.05) is 20.8 Å². The summed E-state index contributed by atoms with van der Waals surface area (Å²) in [5.74, 6) is -2.90. The van der Waals surface area contributed by atoms with Crippen LogP contribution in [-0.4, -0.2) is 35.1 Å². The van der Waals surface area contributed by atoms with Gasteiger partial charge in [0.05, 0.1) is 25.3 Å². The van der Waals surface area contributed by atoms with Crippen molar-refractivity contribution in [3.63, 3.8) is 0 Å². The highest BCUT2D eigenvalue weighted by atomic mass is 19.1. The number of hydrogen-bond acceptors (Lipinski definition) is 3. The molecule has 1 fully saturated rings. The standard InChI is InChI=1S/C21H27F2N3O3/c1-21(2,3)17-11-18(26(25(17)4)12-14-7-6-8-29-14)24-20(27)15-9-13(22)10-16(23)19(15)28-5/h9-11,14H,6-8,12H2,1-5H3/t14-/m1/s1. The Morgan fingerprint density at radius 2 is 2.03 bits per heavy atom. The predicted octanol–water partition coefficient (Wildman–Crippen LogP) is 3.33. The maximum absolute atomic E-state index is 14.0. The van der Waals surface area contributed by atoms with E-state index < -0.39 is 17.5 Å². The van der Waals surface area contributed by atoms with Crippen molar-refractivity contribution in [3.05, 3.63) is 46.6 Å². The molecule has 158 valence electrons. The Hall–Kier alpha value is -2.48. The lowest BCUT2D eigenvalue weighted by molar-refractivity contribution is 0.0885. The van der Waals surface area contributed by atoms with Crippen LogP contribution in [0.2, 0.25) is 0 Å². The number of halogens is 2. The Bertz CT molecular complexity index is 980. The summed E-state index contributed by atoms with van der Waals surface area (Å²) in [7, 11) is 3.13. The predicted molar refractivity (Wildman–Crippen MR) is 104 cm³/mol. The fourth-order valence-corrected chi connectivity index (χ4v) is 3.65. The Kier molecular flexibility index (Phi) is 5.93. The molecule has 1 aromatic heterocycles. The average Bonchev–Trinajstić information content (AvgIpc) is 3.24. The van der Waals surface area contributed by atoms with Crippen LogP contribution in [0, 0.1) is 11.6 Å². The number of methoxy groups -OCH3 is 1. The first-order chi connectivity index (χ1) is 13.6. The molecule has 0 radical (unpaired) electrons. The fourth-order valence-electron chi connectivity index (χ4n) is 3.65. The van der Waals surface area contributed by atoms with Crippen LogP contribution in [0.25, 0.3) is 0 Å². The van der Waals surface area contributed by atoms with Crippen LogP contribution < -0.4 is 10.2 Å². The van der Waals surface area contributed by atoms with E-state index in [4.69, 9.17) is 9.47 Å². The summed E-state index contributed by atoms with van der Waals surface area (Å²) in [5, 5.41) is 0. The Morgan fingerprint density at radius 1 is 1.31 bits per heavy atom. The molecule has 0 saturated carbocycles. The molecule has 0 N–H and O–H groups in total. The van der Waals surface area contributed by atoms with Crippen LogP contribution in [0.5, 0.6) is 5.75 Å². The quantitative estimate of drug-likeness (QED) is 0.781. The van der Waals surface area contributed by atoms with Gasteiger partial charge in [-0.2, -0.15) is 4.99 Å². The summed E-state index contributed by atoms with van der Waals surface area (Å²) in [5.41, 5.74) is 0.936. The normalized spacial score (nSPS) is 17.8. The molecule has 0 spiro atoms. The second kappa shape index (κ2) is 8.10. The molecule has 1 amide bonds. The molecule has 6 nitrogen and oxygen atoms in total. The fraction of sp³-hybridized carbons (Fsp3) is 0.524. The van der Waals surface area contributed by atoms with Crippen LogP contribution in [0.4, 0.5) is 8.78 Å². The van der Waals surface area contributed by atoms with Crippen LogP contribution in [0.3, 0.4) is 0 Å². The van der Waals surface area contributed by atoms with Crippen molar-refractivity contribution in [1.82, 2.24) is 9.36 Å². The lowest BCUT2D eigenvalue weighted by atomic mass is 9.92. The van der Waals surface area contributed by atoms with Crippen molar-refractivity contribution in [2.24, 2.45) is 12.0 Å². The van der Waals surface area contributed by atoms with E-state index >= 15 is 0 Å². The third kappa shape index (κ3) is 4.42. The zero-order chi connectivity index (χ0) is 21.3. The van der Waals surface area contributed by atoms with Crippen molar-refractivity contribution in [2.75, 3.05) is 13.7 Å². The average molecular weight is 407 g/mol. The molecule has 1 aliphatic heterocycles. The van der Waals surface area contributed by atoms with Gasteiger partial charge >= 0.3 is 0 Å². The van der Waals surface area contributed by atoms with E-state index in [0.717, 1.165) is 24.6 Å². The summed E-state index contributed by atoms with van der Waals surface area (Å²) >= 11 is 0. The molecule has 1 saturated heterocycles. The Labute approximate surface area is 168 Å². The number of aromatic nitrogens is 2. The second-order valence-electron chi connectivity index (χ2n) is 8.26. The van der Waals surface area contributed by atoms with Gasteiger partial charge in [0.1, 0.15) is 5.82 Å². The maximum atomic E-state index is 14.0. The molecule has 2 aromatic rings. The largest absolute Gasteiger partial charge is 0.493 e. The molecular formula is C21H27F2N3O3. The molecule has 1 aliphatic rings. The molecular weight excluding hydrogens is 380 g/mol. The SMILES string of the molecule is COc1c(F)cc(F)cc1C(=O)N=c1cc(C(C)(C)C)n(C)n1C[C@H]1CCCO1. The highest BCUT2D eigenvalue weighted by molar-refractivity contribution is 5.97. The van der Waals surface area contributed by atoms with E-state index in [2.05, 4.69) is 25.8 Å². The third-order valence-electron chi connectivity index (χ3n) is 5.07. The minimum absolute atomic E-state index is 0.0339. The number of hydrogen-bond donors (Lipinski definition) is 0. The van der Waals surface area contributed by atoms with Crippen molar-refractivity contribution >= 4 is 5.91 Å². The molecule has 0 bridgehead atoms. The first kappa shape index (κ1) is 21.2. The zero-order valence-corrected chi connectivity index (χ0v) is 17.5. The van der Waals surface area contributed by atoms with Gasteiger partial charge in [0.15, 0.2) is 17.1 Å². The number of ether oxygens (including phenoxy) is 2. The van der Waals surface area contributed by atoms with Crippen molar-refractivity contribution < 1.29 is 23.0 Å². The molecule has 8 heteroatoms. The van der Waals surface area contributed by atoms with Crippen molar-refractivity contribution in [2.45, 2.75) is 51.7 Å². The minimum Gasteiger partial charge on any atom is -0.493 e. The van der Waals surface area contributed by atoms with Gasteiger partial charge in [-0.15, -0.1) is 0 Å². The van der Waals surface area contributed by atoms with Crippen LogP contribution in [0.15, 0.2) is 23.2 Å². The van der Waals surface area contributed by atoms with E-state index in [1.165, 1.54) is 7.11 Å². The first-order valence-corrected chi connectivity index (χ1v) is 9.63. The lowest BCUT2D eigenvalue weighted by Crippen LogP contribution is -2.30. The van der Waals surface area contributed by atoms with Crippen molar-refractivity contribution in [1.29, 1.82) is 0 Å². The second-order valence-corrected chi connectivity index (χ2v) is 8.26. The topological polar surface area (TPSA) is 57.8 Å². The van der Waals surface area contributed by atoms with Crippen molar-refractivity contribution in [3.8, 4) is 5.75 Å². The Morgan fingerprint density at radius 3 is 2.62 bits per heavy atom. The van der Waals surface area contributed by atoms with Crippen LogP contribution in [-0.2, 0) is 23.7 Å². The summed E-state index contributed by atoms with van der Waals surface area (Å²) in [6.07, 6.45) is 1.96. The maximum Gasteiger partial charge on any atom is 0.282 e.